The maximum absolute atomic E-state index is 12.3. The zero-order valence-electron chi connectivity index (χ0n) is 17.0. The lowest BCUT2D eigenvalue weighted by molar-refractivity contribution is -0.113. The van der Waals surface area contributed by atoms with Crippen molar-refractivity contribution < 1.29 is 19.1 Å². The van der Waals surface area contributed by atoms with Crippen LogP contribution in [-0.4, -0.2) is 39.5 Å². The van der Waals surface area contributed by atoms with Gasteiger partial charge in [0.15, 0.2) is 11.0 Å². The Balaban J connectivity index is 1.57. The number of benzene rings is 2. The van der Waals surface area contributed by atoms with Crippen LogP contribution in [0, 0.1) is 0 Å². The van der Waals surface area contributed by atoms with Crippen LogP contribution >= 0.6 is 23.4 Å². The second-order valence-corrected chi connectivity index (χ2v) is 7.67. The lowest BCUT2D eigenvalue weighted by Crippen LogP contribution is -2.15. The number of thioether (sulfide) groups is 1. The van der Waals surface area contributed by atoms with E-state index in [-0.39, 0.29) is 18.3 Å². The monoisotopic (exact) mass is 460 g/mol. The normalized spacial score (nSPS) is 10.5. The van der Waals surface area contributed by atoms with E-state index in [9.17, 15) is 9.59 Å². The molecule has 1 amide bonds. The number of aromatic nitrogens is 3. The number of methoxy groups -OCH3 is 1. The highest BCUT2D eigenvalue weighted by atomic mass is 35.5. The van der Waals surface area contributed by atoms with Gasteiger partial charge in [-0.25, -0.2) is 4.79 Å². The molecule has 0 spiro atoms. The number of amides is 1. The first kappa shape index (κ1) is 22.6. The SMILES string of the molecule is CCn1c(COc2ccc(Cl)cc2)nnc1SCC(=O)Nc1cccc(C(=O)OC)c1. The molecule has 0 atom stereocenters. The Labute approximate surface area is 188 Å². The standard InChI is InChI=1S/C21H21ClN4O4S/c1-3-26-18(12-30-17-9-7-15(22)8-10-17)24-25-21(26)31-13-19(27)23-16-6-4-5-14(11-16)20(28)29-2/h4-11H,3,12-13H2,1-2H3,(H,23,27). The Hall–Kier alpha value is -3.04. The third-order valence-corrected chi connectivity index (χ3v) is 5.41. The molecule has 0 aliphatic heterocycles. The number of hydrogen-bond donors (Lipinski definition) is 1. The molecule has 0 aliphatic carbocycles. The van der Waals surface area contributed by atoms with E-state index in [1.807, 2.05) is 11.5 Å². The Morgan fingerprint density at radius 3 is 2.65 bits per heavy atom. The van der Waals surface area contributed by atoms with Crippen molar-refractivity contribution in [1.29, 1.82) is 0 Å². The van der Waals surface area contributed by atoms with E-state index in [1.54, 1.807) is 48.5 Å². The van der Waals surface area contributed by atoms with Crippen LogP contribution in [-0.2, 0) is 22.7 Å². The van der Waals surface area contributed by atoms with Gasteiger partial charge in [0, 0.05) is 17.3 Å². The molecule has 31 heavy (non-hydrogen) atoms. The van der Waals surface area contributed by atoms with E-state index < -0.39 is 5.97 Å². The molecule has 1 aromatic heterocycles. The summed E-state index contributed by atoms with van der Waals surface area (Å²) >= 11 is 7.15. The second-order valence-electron chi connectivity index (χ2n) is 6.29. The summed E-state index contributed by atoms with van der Waals surface area (Å²) in [4.78, 5) is 24.0. The lowest BCUT2D eigenvalue weighted by Gasteiger charge is -2.09. The van der Waals surface area contributed by atoms with Crippen LogP contribution in [0.1, 0.15) is 23.1 Å². The number of nitrogens with zero attached hydrogens (tertiary/aromatic N) is 3. The highest BCUT2D eigenvalue weighted by Crippen LogP contribution is 2.20. The average Bonchev–Trinajstić information content (AvgIpc) is 3.18. The van der Waals surface area contributed by atoms with Crippen molar-refractivity contribution in [2.75, 3.05) is 18.2 Å². The van der Waals surface area contributed by atoms with E-state index in [1.165, 1.54) is 18.9 Å². The first-order valence-electron chi connectivity index (χ1n) is 9.41. The minimum Gasteiger partial charge on any atom is -0.486 e. The molecule has 162 valence electrons. The fraction of sp³-hybridized carbons (Fsp3) is 0.238. The third kappa shape index (κ3) is 6.22. The smallest absolute Gasteiger partial charge is 0.337 e. The number of carbonyl (C=O) groups excluding carboxylic acids is 2. The molecule has 3 aromatic rings. The summed E-state index contributed by atoms with van der Waals surface area (Å²) < 4.78 is 12.3. The zero-order chi connectivity index (χ0) is 22.2. The highest BCUT2D eigenvalue weighted by Gasteiger charge is 2.14. The van der Waals surface area contributed by atoms with Gasteiger partial charge in [0.1, 0.15) is 12.4 Å². The van der Waals surface area contributed by atoms with Crippen molar-refractivity contribution in [3.63, 3.8) is 0 Å². The number of hydrogen-bond acceptors (Lipinski definition) is 7. The number of halogens is 1. The quantitative estimate of drug-likeness (QED) is 0.380. The van der Waals surface area contributed by atoms with Crippen LogP contribution in [0.3, 0.4) is 0 Å². The number of nitrogens with one attached hydrogen (secondary N) is 1. The molecule has 1 heterocycles. The van der Waals surface area contributed by atoms with Crippen molar-refractivity contribution in [1.82, 2.24) is 14.8 Å². The number of carbonyl (C=O) groups is 2. The Morgan fingerprint density at radius 2 is 1.94 bits per heavy atom. The topological polar surface area (TPSA) is 95.3 Å². The van der Waals surface area contributed by atoms with Gasteiger partial charge in [-0.2, -0.15) is 0 Å². The molecule has 1 N–H and O–H groups in total. The lowest BCUT2D eigenvalue weighted by atomic mass is 10.2. The predicted molar refractivity (Wildman–Crippen MR) is 119 cm³/mol. The maximum atomic E-state index is 12.3. The van der Waals surface area contributed by atoms with Gasteiger partial charge in [-0.05, 0) is 49.4 Å². The predicted octanol–water partition coefficient (Wildman–Crippen LogP) is 4.05. The van der Waals surface area contributed by atoms with Crippen LogP contribution in [0.2, 0.25) is 5.02 Å². The first-order valence-corrected chi connectivity index (χ1v) is 10.8. The Morgan fingerprint density at radius 1 is 1.16 bits per heavy atom. The van der Waals surface area contributed by atoms with Crippen LogP contribution in [0.15, 0.2) is 53.7 Å². The highest BCUT2D eigenvalue weighted by molar-refractivity contribution is 7.99. The van der Waals surface area contributed by atoms with Crippen molar-refractivity contribution >= 4 is 40.9 Å². The third-order valence-electron chi connectivity index (χ3n) is 4.19. The van der Waals surface area contributed by atoms with E-state index in [0.717, 1.165) is 0 Å². The average molecular weight is 461 g/mol. The van der Waals surface area contributed by atoms with Crippen molar-refractivity contribution in [3.05, 3.63) is 64.9 Å². The second kappa shape index (κ2) is 10.8. The van der Waals surface area contributed by atoms with Gasteiger partial charge in [-0.15, -0.1) is 10.2 Å². The van der Waals surface area contributed by atoms with E-state index in [0.29, 0.717) is 39.5 Å². The van der Waals surface area contributed by atoms with Gasteiger partial charge < -0.3 is 19.4 Å². The van der Waals surface area contributed by atoms with E-state index in [4.69, 9.17) is 21.1 Å². The van der Waals surface area contributed by atoms with Crippen molar-refractivity contribution in [2.45, 2.75) is 25.2 Å². The fourth-order valence-electron chi connectivity index (χ4n) is 2.70. The summed E-state index contributed by atoms with van der Waals surface area (Å²) in [7, 11) is 1.31. The molecule has 0 aliphatic rings. The van der Waals surface area contributed by atoms with E-state index in [2.05, 4.69) is 15.5 Å². The van der Waals surface area contributed by atoms with Crippen LogP contribution in [0.5, 0.6) is 5.75 Å². The van der Waals surface area contributed by atoms with Crippen LogP contribution < -0.4 is 10.1 Å². The van der Waals surface area contributed by atoms with Gasteiger partial charge in [0.05, 0.1) is 18.4 Å². The maximum Gasteiger partial charge on any atom is 0.337 e. The summed E-state index contributed by atoms with van der Waals surface area (Å²) in [6.45, 7) is 2.85. The minimum absolute atomic E-state index is 0.138. The molecule has 0 saturated carbocycles. The number of anilines is 1. The molecule has 10 heteroatoms. The molecular formula is C21H21ClN4O4S. The molecular weight excluding hydrogens is 440 g/mol. The molecule has 3 rings (SSSR count). The van der Waals surface area contributed by atoms with Gasteiger partial charge in [0.25, 0.3) is 0 Å². The number of esters is 1. The van der Waals surface area contributed by atoms with Crippen LogP contribution in [0.25, 0.3) is 0 Å². The molecule has 2 aromatic carbocycles. The first-order chi connectivity index (χ1) is 15.0. The number of ether oxygens (including phenoxy) is 2. The Kier molecular flexibility index (Phi) is 7.91. The molecule has 8 nitrogen and oxygen atoms in total. The van der Waals surface area contributed by atoms with Gasteiger partial charge in [-0.3, -0.25) is 4.79 Å². The van der Waals surface area contributed by atoms with Crippen molar-refractivity contribution in [3.8, 4) is 5.75 Å². The van der Waals surface area contributed by atoms with Crippen molar-refractivity contribution in [2.24, 2.45) is 0 Å². The minimum atomic E-state index is -0.463. The zero-order valence-corrected chi connectivity index (χ0v) is 18.6. The summed E-state index contributed by atoms with van der Waals surface area (Å²) in [5, 5.41) is 12.4. The summed E-state index contributed by atoms with van der Waals surface area (Å²) in [5.74, 6) is 0.786. The molecule has 0 unspecified atom stereocenters. The number of rotatable bonds is 9. The summed E-state index contributed by atoms with van der Waals surface area (Å²) in [6.07, 6.45) is 0. The molecule has 0 radical (unpaired) electrons. The van der Waals surface area contributed by atoms with Gasteiger partial charge >= 0.3 is 5.97 Å². The molecule has 0 fully saturated rings. The summed E-state index contributed by atoms with van der Waals surface area (Å²) in [6, 6.07) is 13.6. The fourth-order valence-corrected chi connectivity index (χ4v) is 3.65. The van der Waals surface area contributed by atoms with Gasteiger partial charge in [-0.1, -0.05) is 29.4 Å². The van der Waals surface area contributed by atoms with Gasteiger partial charge in [0.2, 0.25) is 5.91 Å². The molecule has 0 bridgehead atoms. The molecule has 0 saturated heterocycles. The largest absolute Gasteiger partial charge is 0.486 e. The van der Waals surface area contributed by atoms with Crippen LogP contribution in [0.4, 0.5) is 5.69 Å². The van der Waals surface area contributed by atoms with E-state index >= 15 is 0 Å². The Bertz CT molecular complexity index is 1060. The summed E-state index contributed by atoms with van der Waals surface area (Å²) in [5.41, 5.74) is 0.881.